The van der Waals surface area contributed by atoms with Gasteiger partial charge in [-0.2, -0.15) is 0 Å². The molecule has 0 spiro atoms. The summed E-state index contributed by atoms with van der Waals surface area (Å²) in [5, 5.41) is 0. The van der Waals surface area contributed by atoms with Crippen molar-refractivity contribution in [2.24, 2.45) is 0 Å². The highest BCUT2D eigenvalue weighted by Gasteiger charge is 2.13. The van der Waals surface area contributed by atoms with Gasteiger partial charge in [0.15, 0.2) is 0 Å². The fourth-order valence-corrected chi connectivity index (χ4v) is 2.27. The van der Waals surface area contributed by atoms with E-state index in [9.17, 15) is 4.79 Å². The molecule has 134 valence electrons. The zero-order valence-electron chi connectivity index (χ0n) is 14.5. The molecule has 5 heteroatoms. The molecule has 2 aromatic carbocycles. The van der Waals surface area contributed by atoms with E-state index in [2.05, 4.69) is 0 Å². The number of carbonyl (C=O) groups is 1. The van der Waals surface area contributed by atoms with Crippen molar-refractivity contribution in [1.29, 1.82) is 0 Å². The summed E-state index contributed by atoms with van der Waals surface area (Å²) < 4.78 is 20.8. The van der Waals surface area contributed by atoms with Gasteiger partial charge >= 0.3 is 5.97 Å². The number of benzene rings is 2. The van der Waals surface area contributed by atoms with E-state index in [4.69, 9.17) is 18.9 Å². The Kier molecular flexibility index (Phi) is 8.69. The SMILES string of the molecule is COCCOCCOCCOC(=O)c1ccccc1-c1ccccc1. The zero-order chi connectivity index (χ0) is 17.7. The highest BCUT2D eigenvalue weighted by molar-refractivity contribution is 5.97. The Morgan fingerprint density at radius 2 is 1.36 bits per heavy atom. The Bertz CT molecular complexity index is 627. The Morgan fingerprint density at radius 3 is 2.08 bits per heavy atom. The fourth-order valence-electron chi connectivity index (χ4n) is 2.27. The van der Waals surface area contributed by atoms with Gasteiger partial charge in [0.25, 0.3) is 0 Å². The third kappa shape index (κ3) is 6.66. The molecule has 0 saturated heterocycles. The number of hydrogen-bond donors (Lipinski definition) is 0. The van der Waals surface area contributed by atoms with Crippen molar-refractivity contribution < 1.29 is 23.7 Å². The molecule has 5 nitrogen and oxygen atoms in total. The predicted molar refractivity (Wildman–Crippen MR) is 95.7 cm³/mol. The normalized spacial score (nSPS) is 10.6. The largest absolute Gasteiger partial charge is 0.460 e. The molecular formula is C20H24O5. The van der Waals surface area contributed by atoms with Crippen LogP contribution < -0.4 is 0 Å². The molecule has 0 aliphatic rings. The Hall–Kier alpha value is -2.21. The van der Waals surface area contributed by atoms with Crippen LogP contribution in [0, 0.1) is 0 Å². The van der Waals surface area contributed by atoms with Gasteiger partial charge in [0, 0.05) is 7.11 Å². The quantitative estimate of drug-likeness (QED) is 0.463. The molecule has 0 aliphatic carbocycles. The molecule has 2 rings (SSSR count). The lowest BCUT2D eigenvalue weighted by Gasteiger charge is -2.10. The van der Waals surface area contributed by atoms with Gasteiger partial charge in [-0.3, -0.25) is 0 Å². The molecule has 0 aliphatic heterocycles. The Morgan fingerprint density at radius 1 is 0.760 bits per heavy atom. The van der Waals surface area contributed by atoms with E-state index in [0.29, 0.717) is 38.6 Å². The summed E-state index contributed by atoms with van der Waals surface area (Å²) in [6.45, 7) is 2.62. The average Bonchev–Trinajstić information content (AvgIpc) is 2.67. The first-order valence-corrected chi connectivity index (χ1v) is 8.29. The highest BCUT2D eigenvalue weighted by Crippen LogP contribution is 2.23. The van der Waals surface area contributed by atoms with E-state index < -0.39 is 0 Å². The van der Waals surface area contributed by atoms with E-state index in [0.717, 1.165) is 11.1 Å². The van der Waals surface area contributed by atoms with Crippen LogP contribution in [0.1, 0.15) is 10.4 Å². The summed E-state index contributed by atoms with van der Waals surface area (Å²) in [5.74, 6) is -0.348. The second-order valence-electron chi connectivity index (χ2n) is 5.27. The molecule has 0 unspecified atom stereocenters. The van der Waals surface area contributed by atoms with E-state index in [1.807, 2.05) is 48.5 Å². The maximum Gasteiger partial charge on any atom is 0.338 e. The van der Waals surface area contributed by atoms with Crippen LogP contribution >= 0.6 is 0 Å². The number of hydrogen-bond acceptors (Lipinski definition) is 5. The summed E-state index contributed by atoms with van der Waals surface area (Å²) in [6.07, 6.45) is 0. The minimum Gasteiger partial charge on any atom is -0.460 e. The van der Waals surface area contributed by atoms with Crippen molar-refractivity contribution in [3.05, 3.63) is 60.2 Å². The lowest BCUT2D eigenvalue weighted by molar-refractivity contribution is 0.00573. The molecule has 0 atom stereocenters. The first kappa shape index (κ1) is 19.1. The van der Waals surface area contributed by atoms with Gasteiger partial charge in [-0.1, -0.05) is 48.5 Å². The van der Waals surface area contributed by atoms with Gasteiger partial charge in [0.2, 0.25) is 0 Å². The van der Waals surface area contributed by atoms with Gasteiger partial charge in [0.1, 0.15) is 6.61 Å². The maximum atomic E-state index is 12.3. The first-order chi connectivity index (χ1) is 12.3. The fraction of sp³-hybridized carbons (Fsp3) is 0.350. The zero-order valence-corrected chi connectivity index (χ0v) is 14.5. The van der Waals surface area contributed by atoms with Gasteiger partial charge in [0.05, 0.1) is 38.6 Å². The first-order valence-electron chi connectivity index (χ1n) is 8.29. The van der Waals surface area contributed by atoms with E-state index >= 15 is 0 Å². The van der Waals surface area contributed by atoms with E-state index in [1.54, 1.807) is 13.2 Å². The number of ether oxygens (including phenoxy) is 4. The molecular weight excluding hydrogens is 320 g/mol. The second kappa shape index (κ2) is 11.4. The van der Waals surface area contributed by atoms with Crippen LogP contribution in [0.2, 0.25) is 0 Å². The Labute approximate surface area is 148 Å². The van der Waals surface area contributed by atoms with Crippen molar-refractivity contribution in [2.75, 3.05) is 46.8 Å². The van der Waals surface area contributed by atoms with Crippen molar-refractivity contribution in [1.82, 2.24) is 0 Å². The Balaban J connectivity index is 1.75. The van der Waals surface area contributed by atoms with Crippen LogP contribution in [0.4, 0.5) is 0 Å². The highest BCUT2D eigenvalue weighted by atomic mass is 16.6. The van der Waals surface area contributed by atoms with E-state index in [1.165, 1.54) is 0 Å². The van der Waals surface area contributed by atoms with Crippen LogP contribution in [0.25, 0.3) is 11.1 Å². The van der Waals surface area contributed by atoms with Gasteiger partial charge < -0.3 is 18.9 Å². The molecule has 0 saturated carbocycles. The summed E-state index contributed by atoms with van der Waals surface area (Å²) in [4.78, 5) is 12.3. The third-order valence-corrected chi connectivity index (χ3v) is 3.50. The van der Waals surface area contributed by atoms with Crippen LogP contribution in [-0.2, 0) is 18.9 Å². The van der Waals surface area contributed by atoms with Crippen molar-refractivity contribution in [3.63, 3.8) is 0 Å². The van der Waals surface area contributed by atoms with Crippen molar-refractivity contribution in [2.45, 2.75) is 0 Å². The summed E-state index contributed by atoms with van der Waals surface area (Å²) >= 11 is 0. The summed E-state index contributed by atoms with van der Waals surface area (Å²) in [7, 11) is 1.63. The molecule has 0 heterocycles. The minimum absolute atomic E-state index is 0.208. The molecule has 0 radical (unpaired) electrons. The predicted octanol–water partition coefficient (Wildman–Crippen LogP) is 3.19. The molecule has 25 heavy (non-hydrogen) atoms. The monoisotopic (exact) mass is 344 g/mol. The third-order valence-electron chi connectivity index (χ3n) is 3.50. The van der Waals surface area contributed by atoms with Crippen molar-refractivity contribution in [3.8, 4) is 11.1 Å². The van der Waals surface area contributed by atoms with Crippen LogP contribution in [0.15, 0.2) is 54.6 Å². The number of carbonyl (C=O) groups excluding carboxylic acids is 1. The van der Waals surface area contributed by atoms with Gasteiger partial charge in [-0.15, -0.1) is 0 Å². The minimum atomic E-state index is -0.348. The average molecular weight is 344 g/mol. The van der Waals surface area contributed by atoms with Gasteiger partial charge in [-0.25, -0.2) is 4.79 Å². The smallest absolute Gasteiger partial charge is 0.338 e. The second-order valence-corrected chi connectivity index (χ2v) is 5.27. The number of methoxy groups -OCH3 is 1. The standard InChI is InChI=1S/C20H24O5/c1-22-11-12-23-13-14-24-15-16-25-20(21)19-10-6-5-9-18(19)17-7-3-2-4-8-17/h2-10H,11-16H2,1H3. The van der Waals surface area contributed by atoms with Crippen LogP contribution in [-0.4, -0.2) is 52.7 Å². The van der Waals surface area contributed by atoms with Crippen molar-refractivity contribution >= 4 is 5.97 Å². The lowest BCUT2D eigenvalue weighted by atomic mass is 10.00. The van der Waals surface area contributed by atoms with E-state index in [-0.39, 0.29) is 12.6 Å². The topological polar surface area (TPSA) is 54.0 Å². The molecule has 0 amide bonds. The number of rotatable bonds is 11. The van der Waals surface area contributed by atoms with Gasteiger partial charge in [-0.05, 0) is 17.2 Å². The molecule has 2 aromatic rings. The van der Waals surface area contributed by atoms with Crippen LogP contribution in [0.5, 0.6) is 0 Å². The van der Waals surface area contributed by atoms with Crippen LogP contribution in [0.3, 0.4) is 0 Å². The summed E-state index contributed by atoms with van der Waals surface area (Å²) in [6, 6.07) is 17.2. The molecule has 0 aromatic heterocycles. The maximum absolute atomic E-state index is 12.3. The molecule has 0 bridgehead atoms. The lowest BCUT2D eigenvalue weighted by Crippen LogP contribution is -2.14. The summed E-state index contributed by atoms with van der Waals surface area (Å²) in [5.41, 5.74) is 2.40. The molecule has 0 fully saturated rings. The number of esters is 1. The molecule has 0 N–H and O–H groups in total.